The van der Waals surface area contributed by atoms with Gasteiger partial charge >= 0.3 is 5.97 Å². The minimum Gasteiger partial charge on any atom is -0.476 e. The molecule has 14 heavy (non-hydrogen) atoms. The molecule has 0 bridgehead atoms. The van der Waals surface area contributed by atoms with E-state index in [-0.39, 0.29) is 5.69 Å². The zero-order chi connectivity index (χ0) is 10.1. The molecule has 0 spiro atoms. The third-order valence-electron chi connectivity index (χ3n) is 1.59. The van der Waals surface area contributed by atoms with Crippen LogP contribution in [0.2, 0.25) is 0 Å². The second-order valence-electron chi connectivity index (χ2n) is 2.43. The fraction of sp³-hybridized carbons (Fsp3) is 0. The van der Waals surface area contributed by atoms with E-state index in [9.17, 15) is 4.79 Å². The van der Waals surface area contributed by atoms with E-state index in [0.29, 0.717) is 5.76 Å². The summed E-state index contributed by atoms with van der Waals surface area (Å²) in [5.41, 5.74) is -0.0619. The molecule has 2 aromatic rings. The van der Waals surface area contributed by atoms with Gasteiger partial charge in [0, 0.05) is 4.47 Å². The summed E-state index contributed by atoms with van der Waals surface area (Å²) >= 11 is 4.70. The molecule has 2 aromatic heterocycles. The molecule has 4 nitrogen and oxygen atoms in total. The monoisotopic (exact) mass is 273 g/mol. The zero-order valence-corrected chi connectivity index (χ0v) is 9.13. The molecule has 0 saturated carbocycles. The Bertz CT molecular complexity index is 476. The Morgan fingerprint density at radius 3 is 3.00 bits per heavy atom. The molecule has 0 aliphatic heterocycles. The van der Waals surface area contributed by atoms with E-state index in [0.717, 1.165) is 15.7 Å². The summed E-state index contributed by atoms with van der Waals surface area (Å²) in [6, 6.07) is 1.83. The van der Waals surface area contributed by atoms with Gasteiger partial charge in [0.1, 0.15) is 0 Å². The Labute approximate surface area is 91.3 Å². The Morgan fingerprint density at radius 2 is 2.43 bits per heavy atom. The number of rotatable bonds is 2. The first-order valence-corrected chi connectivity index (χ1v) is 5.27. The van der Waals surface area contributed by atoms with Crippen molar-refractivity contribution in [2.45, 2.75) is 0 Å². The fourth-order valence-electron chi connectivity index (χ4n) is 1.02. The van der Waals surface area contributed by atoms with Crippen LogP contribution in [-0.4, -0.2) is 16.1 Å². The molecular weight excluding hydrogens is 270 g/mol. The number of carbonyl (C=O) groups is 1. The van der Waals surface area contributed by atoms with Crippen LogP contribution in [0.15, 0.2) is 26.7 Å². The zero-order valence-electron chi connectivity index (χ0n) is 6.73. The highest BCUT2D eigenvalue weighted by atomic mass is 79.9. The average molecular weight is 274 g/mol. The largest absolute Gasteiger partial charge is 0.476 e. The molecule has 0 radical (unpaired) electrons. The van der Waals surface area contributed by atoms with Crippen LogP contribution < -0.4 is 0 Å². The molecule has 0 atom stereocenters. The van der Waals surface area contributed by atoms with Crippen LogP contribution >= 0.6 is 27.3 Å². The second-order valence-corrected chi connectivity index (χ2v) is 4.20. The molecule has 2 heterocycles. The smallest absolute Gasteiger partial charge is 0.358 e. The minimum atomic E-state index is -1.09. The number of nitrogens with zero attached hydrogens (tertiary/aromatic N) is 1. The number of aromatic nitrogens is 1. The second kappa shape index (κ2) is 3.55. The van der Waals surface area contributed by atoms with Gasteiger partial charge in [-0.25, -0.2) is 9.78 Å². The number of thiophene rings is 1. The SMILES string of the molecule is O=C(O)c1ncoc1-c1sccc1Br. The number of hydrogen-bond acceptors (Lipinski definition) is 4. The molecule has 72 valence electrons. The van der Waals surface area contributed by atoms with Crippen molar-refractivity contribution in [3.05, 3.63) is 28.0 Å². The van der Waals surface area contributed by atoms with Crippen LogP contribution in [0.1, 0.15) is 10.5 Å². The van der Waals surface area contributed by atoms with E-state index in [4.69, 9.17) is 9.52 Å². The van der Waals surface area contributed by atoms with E-state index in [1.165, 1.54) is 11.3 Å². The van der Waals surface area contributed by atoms with Gasteiger partial charge in [-0.2, -0.15) is 0 Å². The van der Waals surface area contributed by atoms with Gasteiger partial charge in [-0.05, 0) is 27.4 Å². The predicted octanol–water partition coefficient (Wildman–Crippen LogP) is 2.86. The summed E-state index contributed by atoms with van der Waals surface area (Å²) < 4.78 is 5.85. The standard InChI is InChI=1S/C8H4BrNO3S/c9-4-1-2-14-7(4)6-5(8(11)12)10-3-13-6/h1-3H,(H,11,12). The molecule has 1 N–H and O–H groups in total. The highest BCUT2D eigenvalue weighted by Crippen LogP contribution is 2.35. The molecule has 0 aromatic carbocycles. The molecule has 0 saturated heterocycles. The topological polar surface area (TPSA) is 63.3 Å². The first kappa shape index (κ1) is 9.42. The first-order chi connectivity index (χ1) is 6.70. The van der Waals surface area contributed by atoms with E-state index in [2.05, 4.69) is 20.9 Å². The van der Waals surface area contributed by atoms with Crippen molar-refractivity contribution >= 4 is 33.2 Å². The summed E-state index contributed by atoms with van der Waals surface area (Å²) in [5.74, 6) is -0.798. The van der Waals surface area contributed by atoms with Crippen molar-refractivity contribution in [1.82, 2.24) is 4.98 Å². The van der Waals surface area contributed by atoms with Crippen LogP contribution in [0, 0.1) is 0 Å². The average Bonchev–Trinajstić information content (AvgIpc) is 2.70. The number of oxazole rings is 1. The molecule has 0 amide bonds. The van der Waals surface area contributed by atoms with Gasteiger partial charge in [-0.1, -0.05) is 0 Å². The number of aromatic carboxylic acids is 1. The lowest BCUT2D eigenvalue weighted by atomic mass is 10.3. The normalized spacial score (nSPS) is 10.4. The molecular formula is C8H4BrNO3S. The maximum Gasteiger partial charge on any atom is 0.358 e. The van der Waals surface area contributed by atoms with E-state index >= 15 is 0 Å². The van der Waals surface area contributed by atoms with Gasteiger partial charge < -0.3 is 9.52 Å². The summed E-state index contributed by atoms with van der Waals surface area (Å²) in [5, 5.41) is 10.7. The maximum absolute atomic E-state index is 10.8. The van der Waals surface area contributed by atoms with Crippen molar-refractivity contribution in [3.8, 4) is 10.6 Å². The number of hydrogen-bond donors (Lipinski definition) is 1. The third-order valence-corrected chi connectivity index (χ3v) is 3.43. The number of carboxylic acid groups (broad SMARTS) is 1. The molecule has 0 unspecified atom stereocenters. The van der Waals surface area contributed by atoms with Crippen molar-refractivity contribution in [2.75, 3.05) is 0 Å². The van der Waals surface area contributed by atoms with E-state index in [1.54, 1.807) is 0 Å². The van der Waals surface area contributed by atoms with Gasteiger partial charge in [-0.3, -0.25) is 0 Å². The van der Waals surface area contributed by atoms with E-state index < -0.39 is 5.97 Å². The van der Waals surface area contributed by atoms with Gasteiger partial charge in [0.2, 0.25) is 0 Å². The van der Waals surface area contributed by atoms with Gasteiger partial charge in [0.05, 0.1) is 4.88 Å². The lowest BCUT2D eigenvalue weighted by Crippen LogP contribution is -1.97. The summed E-state index contributed by atoms with van der Waals surface area (Å²) in [6.07, 6.45) is 1.13. The lowest BCUT2D eigenvalue weighted by molar-refractivity contribution is 0.0691. The number of halogens is 1. The minimum absolute atomic E-state index is 0.0619. The van der Waals surface area contributed by atoms with Crippen LogP contribution in [0.5, 0.6) is 0 Å². The van der Waals surface area contributed by atoms with Crippen molar-refractivity contribution in [3.63, 3.8) is 0 Å². The Kier molecular flexibility index (Phi) is 2.39. The predicted molar refractivity (Wildman–Crippen MR) is 54.5 cm³/mol. The molecule has 0 aliphatic rings. The molecule has 0 fully saturated rings. The van der Waals surface area contributed by atoms with E-state index in [1.807, 2.05) is 11.4 Å². The Morgan fingerprint density at radius 1 is 1.64 bits per heavy atom. The van der Waals surface area contributed by atoms with Crippen LogP contribution in [0.4, 0.5) is 0 Å². The fourth-order valence-corrected chi connectivity index (χ4v) is 2.56. The summed E-state index contributed by atoms with van der Waals surface area (Å²) in [6.45, 7) is 0. The van der Waals surface area contributed by atoms with Gasteiger partial charge in [-0.15, -0.1) is 11.3 Å². The van der Waals surface area contributed by atoms with Crippen molar-refractivity contribution in [1.29, 1.82) is 0 Å². The maximum atomic E-state index is 10.8. The van der Waals surface area contributed by atoms with Crippen LogP contribution in [0.25, 0.3) is 10.6 Å². The molecule has 0 aliphatic carbocycles. The highest BCUT2D eigenvalue weighted by Gasteiger charge is 2.19. The summed E-state index contributed by atoms with van der Waals surface area (Å²) in [4.78, 5) is 15.1. The highest BCUT2D eigenvalue weighted by molar-refractivity contribution is 9.10. The Hall–Kier alpha value is -1.14. The van der Waals surface area contributed by atoms with Crippen molar-refractivity contribution in [2.24, 2.45) is 0 Å². The first-order valence-electron chi connectivity index (χ1n) is 3.60. The lowest BCUT2D eigenvalue weighted by Gasteiger charge is -1.93. The Balaban J connectivity index is 2.57. The van der Waals surface area contributed by atoms with Gasteiger partial charge in [0.15, 0.2) is 17.8 Å². The number of carboxylic acids is 1. The van der Waals surface area contributed by atoms with Crippen molar-refractivity contribution < 1.29 is 14.3 Å². The van der Waals surface area contributed by atoms with Crippen LogP contribution in [0.3, 0.4) is 0 Å². The quantitative estimate of drug-likeness (QED) is 0.914. The molecule has 6 heteroatoms. The van der Waals surface area contributed by atoms with Gasteiger partial charge in [0.25, 0.3) is 0 Å². The third kappa shape index (κ3) is 1.46. The molecule has 2 rings (SSSR count). The van der Waals surface area contributed by atoms with Crippen LogP contribution in [-0.2, 0) is 0 Å². The summed E-state index contributed by atoms with van der Waals surface area (Å²) in [7, 11) is 0.